The Kier molecular flexibility index (Phi) is 5.15. The average molecular weight is 224 g/mol. The third-order valence-corrected chi connectivity index (χ3v) is 3.14. The summed E-state index contributed by atoms with van der Waals surface area (Å²) in [6.07, 6.45) is 0.834. The Morgan fingerprint density at radius 1 is 1.20 bits per heavy atom. The molecule has 2 unspecified atom stereocenters. The van der Waals surface area contributed by atoms with Crippen molar-refractivity contribution in [2.75, 3.05) is 5.75 Å². The number of nitrogens with two attached hydrogens (primary N) is 2. The first-order chi connectivity index (χ1) is 7.13. The summed E-state index contributed by atoms with van der Waals surface area (Å²) in [6, 6.07) is 8.68. The summed E-state index contributed by atoms with van der Waals surface area (Å²) in [4.78, 5) is 1.30. The molecule has 0 spiro atoms. The zero-order chi connectivity index (χ0) is 11.3. The second-order valence-corrected chi connectivity index (χ2v) is 5.16. The van der Waals surface area contributed by atoms with Crippen LogP contribution in [0.1, 0.15) is 31.9 Å². The van der Waals surface area contributed by atoms with Crippen molar-refractivity contribution in [3.05, 3.63) is 29.8 Å². The Labute approximate surface area is 96.4 Å². The maximum atomic E-state index is 6.03. The number of thioether (sulfide) groups is 1. The Balaban J connectivity index is 2.62. The van der Waals surface area contributed by atoms with Crippen LogP contribution in [-0.2, 0) is 0 Å². The first-order valence-electron chi connectivity index (χ1n) is 5.37. The molecule has 1 aromatic rings. The number of hydrogen-bond acceptors (Lipinski definition) is 3. The van der Waals surface area contributed by atoms with Crippen LogP contribution in [0.2, 0.25) is 0 Å². The van der Waals surface area contributed by atoms with Crippen LogP contribution in [0.15, 0.2) is 29.2 Å². The molecule has 1 aromatic carbocycles. The second kappa shape index (κ2) is 6.16. The largest absolute Gasteiger partial charge is 0.328 e. The lowest BCUT2D eigenvalue weighted by molar-refractivity contribution is 0.568. The van der Waals surface area contributed by atoms with E-state index in [0.29, 0.717) is 0 Å². The van der Waals surface area contributed by atoms with Gasteiger partial charge < -0.3 is 11.5 Å². The SMILES string of the molecule is CCSc1ccc(C(N)CC(C)N)cc1. The van der Waals surface area contributed by atoms with Gasteiger partial charge in [0.25, 0.3) is 0 Å². The van der Waals surface area contributed by atoms with Gasteiger partial charge in [-0.25, -0.2) is 0 Å². The van der Waals surface area contributed by atoms with Crippen LogP contribution in [0.3, 0.4) is 0 Å². The summed E-state index contributed by atoms with van der Waals surface area (Å²) in [5.41, 5.74) is 12.9. The molecule has 2 nitrogen and oxygen atoms in total. The fraction of sp³-hybridized carbons (Fsp3) is 0.500. The third-order valence-electron chi connectivity index (χ3n) is 2.24. The van der Waals surface area contributed by atoms with Crippen molar-refractivity contribution in [1.29, 1.82) is 0 Å². The molecule has 15 heavy (non-hydrogen) atoms. The van der Waals surface area contributed by atoms with Gasteiger partial charge in [-0.05, 0) is 36.8 Å². The highest BCUT2D eigenvalue weighted by atomic mass is 32.2. The third kappa shape index (κ3) is 4.24. The lowest BCUT2D eigenvalue weighted by Crippen LogP contribution is -2.23. The predicted octanol–water partition coefficient (Wildman–Crippen LogP) is 2.54. The minimum absolute atomic E-state index is 0.0608. The molecule has 0 aromatic heterocycles. The van der Waals surface area contributed by atoms with Crippen molar-refractivity contribution < 1.29 is 0 Å². The van der Waals surface area contributed by atoms with E-state index in [1.807, 2.05) is 18.7 Å². The molecule has 1 rings (SSSR count). The van der Waals surface area contributed by atoms with Crippen molar-refractivity contribution in [3.8, 4) is 0 Å². The highest BCUT2D eigenvalue weighted by Gasteiger charge is 2.07. The van der Waals surface area contributed by atoms with E-state index in [1.165, 1.54) is 10.5 Å². The molecule has 84 valence electrons. The maximum absolute atomic E-state index is 6.03. The number of hydrogen-bond donors (Lipinski definition) is 2. The van der Waals surface area contributed by atoms with Gasteiger partial charge in [0.15, 0.2) is 0 Å². The molecular formula is C12H20N2S. The summed E-state index contributed by atoms with van der Waals surface area (Å²) in [6.45, 7) is 4.14. The summed E-state index contributed by atoms with van der Waals surface area (Å²) in [5, 5.41) is 0. The van der Waals surface area contributed by atoms with E-state index >= 15 is 0 Å². The van der Waals surface area contributed by atoms with Crippen molar-refractivity contribution in [3.63, 3.8) is 0 Å². The Morgan fingerprint density at radius 3 is 2.27 bits per heavy atom. The van der Waals surface area contributed by atoms with Gasteiger partial charge in [0.05, 0.1) is 0 Å². The van der Waals surface area contributed by atoms with Crippen molar-refractivity contribution in [2.24, 2.45) is 11.5 Å². The lowest BCUT2D eigenvalue weighted by Gasteiger charge is -2.14. The van der Waals surface area contributed by atoms with E-state index in [0.717, 1.165) is 12.2 Å². The number of benzene rings is 1. The molecule has 0 heterocycles. The Hall–Kier alpha value is -0.510. The van der Waals surface area contributed by atoms with Crippen LogP contribution < -0.4 is 11.5 Å². The zero-order valence-electron chi connectivity index (χ0n) is 9.44. The van der Waals surface area contributed by atoms with E-state index in [2.05, 4.69) is 31.2 Å². The van der Waals surface area contributed by atoms with Crippen LogP contribution in [0.25, 0.3) is 0 Å². The van der Waals surface area contributed by atoms with E-state index in [4.69, 9.17) is 11.5 Å². The van der Waals surface area contributed by atoms with E-state index in [1.54, 1.807) is 0 Å². The van der Waals surface area contributed by atoms with Crippen molar-refractivity contribution >= 4 is 11.8 Å². The molecule has 0 aliphatic heterocycles. The standard InChI is InChI=1S/C12H20N2S/c1-3-15-11-6-4-10(5-7-11)12(14)8-9(2)13/h4-7,9,12H,3,8,13-14H2,1-2H3. The Bertz CT molecular complexity index is 282. The molecule has 0 radical (unpaired) electrons. The predicted molar refractivity (Wildman–Crippen MR) is 68.0 cm³/mol. The minimum Gasteiger partial charge on any atom is -0.328 e. The highest BCUT2D eigenvalue weighted by Crippen LogP contribution is 2.21. The van der Waals surface area contributed by atoms with Gasteiger partial charge in [0, 0.05) is 17.0 Å². The highest BCUT2D eigenvalue weighted by molar-refractivity contribution is 7.99. The van der Waals surface area contributed by atoms with Crippen LogP contribution in [0.4, 0.5) is 0 Å². The van der Waals surface area contributed by atoms with Gasteiger partial charge in [-0.15, -0.1) is 11.8 Å². The minimum atomic E-state index is 0.0608. The molecule has 0 amide bonds. The molecule has 0 aliphatic carbocycles. The Morgan fingerprint density at radius 2 is 1.80 bits per heavy atom. The topological polar surface area (TPSA) is 52.0 Å². The van der Waals surface area contributed by atoms with Crippen molar-refractivity contribution in [2.45, 2.75) is 37.2 Å². The summed E-state index contributed by atoms with van der Waals surface area (Å²) in [7, 11) is 0. The first kappa shape index (κ1) is 12.6. The molecule has 4 N–H and O–H groups in total. The fourth-order valence-corrected chi connectivity index (χ4v) is 2.18. The van der Waals surface area contributed by atoms with Gasteiger partial charge in [-0.1, -0.05) is 19.1 Å². The van der Waals surface area contributed by atoms with E-state index in [-0.39, 0.29) is 12.1 Å². The molecular weight excluding hydrogens is 204 g/mol. The lowest BCUT2D eigenvalue weighted by atomic mass is 10.0. The first-order valence-corrected chi connectivity index (χ1v) is 6.36. The van der Waals surface area contributed by atoms with E-state index < -0.39 is 0 Å². The van der Waals surface area contributed by atoms with Crippen molar-refractivity contribution in [1.82, 2.24) is 0 Å². The molecule has 0 saturated heterocycles. The summed E-state index contributed by atoms with van der Waals surface area (Å²) in [5.74, 6) is 1.10. The fourth-order valence-electron chi connectivity index (χ4n) is 1.51. The maximum Gasteiger partial charge on any atom is 0.0309 e. The van der Waals surface area contributed by atoms with Gasteiger partial charge in [0.2, 0.25) is 0 Å². The van der Waals surface area contributed by atoms with E-state index in [9.17, 15) is 0 Å². The zero-order valence-corrected chi connectivity index (χ0v) is 10.3. The normalized spacial score (nSPS) is 14.9. The van der Waals surface area contributed by atoms with Gasteiger partial charge >= 0.3 is 0 Å². The quantitative estimate of drug-likeness (QED) is 0.756. The number of rotatable bonds is 5. The van der Waals surface area contributed by atoms with Crippen LogP contribution in [0.5, 0.6) is 0 Å². The summed E-state index contributed by atoms with van der Waals surface area (Å²) < 4.78 is 0. The second-order valence-electron chi connectivity index (χ2n) is 3.82. The average Bonchev–Trinajstić information content (AvgIpc) is 2.18. The molecule has 0 aliphatic rings. The molecule has 2 atom stereocenters. The van der Waals surface area contributed by atoms with Gasteiger partial charge in [0.1, 0.15) is 0 Å². The summed E-state index contributed by atoms with van der Waals surface area (Å²) >= 11 is 1.84. The monoisotopic (exact) mass is 224 g/mol. The molecule has 0 bridgehead atoms. The van der Waals surface area contributed by atoms with Crippen LogP contribution >= 0.6 is 11.8 Å². The molecule has 0 fully saturated rings. The van der Waals surface area contributed by atoms with Gasteiger partial charge in [-0.3, -0.25) is 0 Å². The molecule has 3 heteroatoms. The van der Waals surface area contributed by atoms with Gasteiger partial charge in [-0.2, -0.15) is 0 Å². The van der Waals surface area contributed by atoms with Crippen LogP contribution in [-0.4, -0.2) is 11.8 Å². The molecule has 0 saturated carbocycles. The smallest absolute Gasteiger partial charge is 0.0309 e. The van der Waals surface area contributed by atoms with Crippen LogP contribution in [0, 0.1) is 0 Å².